The lowest BCUT2D eigenvalue weighted by molar-refractivity contribution is 0.171. The molecule has 2 aliphatic rings. The number of hydrogen-bond donors (Lipinski definition) is 2. The molecular weight excluding hydrogens is 408 g/mol. The molecule has 2 unspecified atom stereocenters. The Balaban J connectivity index is 0.00000192. The molecule has 1 aromatic carbocycles. The Bertz CT molecular complexity index is 671. The van der Waals surface area contributed by atoms with Crippen LogP contribution >= 0.6 is 28.3 Å². The summed E-state index contributed by atoms with van der Waals surface area (Å²) in [7, 11) is -3.63. The van der Waals surface area contributed by atoms with E-state index in [4.69, 9.17) is 9.47 Å². The van der Waals surface area contributed by atoms with Crippen LogP contribution in [0.1, 0.15) is 13.3 Å². The van der Waals surface area contributed by atoms with E-state index >= 15 is 0 Å². The van der Waals surface area contributed by atoms with Gasteiger partial charge >= 0.3 is 0 Å². The Morgan fingerprint density at radius 3 is 2.57 bits per heavy atom. The summed E-state index contributed by atoms with van der Waals surface area (Å²) in [5.74, 6) is 1.32. The number of ether oxygens (including phenoxy) is 2. The summed E-state index contributed by atoms with van der Waals surface area (Å²) in [5.41, 5.74) is 0. The zero-order valence-corrected chi connectivity index (χ0v) is 15.9. The highest BCUT2D eigenvalue weighted by Gasteiger charge is 2.29. The van der Waals surface area contributed by atoms with Crippen LogP contribution in [-0.4, -0.2) is 40.8 Å². The Hall–Kier alpha value is -0.540. The summed E-state index contributed by atoms with van der Waals surface area (Å²) < 4.78 is 39.6. The van der Waals surface area contributed by atoms with E-state index < -0.39 is 10.0 Å². The van der Waals surface area contributed by atoms with Crippen LogP contribution in [0.4, 0.5) is 0 Å². The Kier molecular flexibility index (Phi) is 6.18. The number of piperidine rings is 1. The van der Waals surface area contributed by atoms with E-state index in [9.17, 15) is 8.42 Å². The summed E-state index contributed by atoms with van der Waals surface area (Å²) in [4.78, 5) is 0.175. The summed E-state index contributed by atoms with van der Waals surface area (Å²) in [6.45, 7) is 4.52. The van der Waals surface area contributed by atoms with Crippen LogP contribution in [0.3, 0.4) is 0 Å². The molecule has 2 atom stereocenters. The molecule has 0 bridgehead atoms. The first-order valence-corrected chi connectivity index (χ1v) is 9.57. The highest BCUT2D eigenvalue weighted by molar-refractivity contribution is 9.10. The van der Waals surface area contributed by atoms with Gasteiger partial charge in [-0.2, -0.15) is 0 Å². The van der Waals surface area contributed by atoms with Gasteiger partial charge in [0.15, 0.2) is 11.5 Å². The summed E-state index contributed by atoms with van der Waals surface area (Å²) >= 11 is 3.32. The van der Waals surface area contributed by atoms with Gasteiger partial charge in [0, 0.05) is 23.1 Å². The number of halogens is 2. The molecule has 2 heterocycles. The average molecular weight is 428 g/mol. The first-order chi connectivity index (χ1) is 10.5. The van der Waals surface area contributed by atoms with Crippen LogP contribution < -0.4 is 19.5 Å². The SMILES string of the molecule is CC1CCNCC1NS(=O)(=O)c1cc2c(cc1Br)OCCO2.Cl. The molecule has 23 heavy (non-hydrogen) atoms. The molecule has 9 heteroatoms. The van der Waals surface area contributed by atoms with E-state index in [1.54, 1.807) is 6.07 Å². The number of hydrogen-bond acceptors (Lipinski definition) is 5. The van der Waals surface area contributed by atoms with Crippen molar-refractivity contribution in [3.8, 4) is 11.5 Å². The van der Waals surface area contributed by atoms with Crippen molar-refractivity contribution >= 4 is 38.4 Å². The summed E-state index contributed by atoms with van der Waals surface area (Å²) in [5, 5.41) is 3.22. The van der Waals surface area contributed by atoms with Gasteiger partial charge in [-0.25, -0.2) is 13.1 Å². The van der Waals surface area contributed by atoms with Crippen LogP contribution in [-0.2, 0) is 10.0 Å². The standard InChI is InChI=1S/C14H19BrN2O4S.ClH/c1-9-2-3-16-8-11(9)17-22(18,19)14-7-13-12(6-10(14)15)20-4-5-21-13;/h6-7,9,11,16-17H,2-5,8H2,1H3;1H. The molecule has 0 amide bonds. The number of rotatable bonds is 3. The molecule has 3 rings (SSSR count). The van der Waals surface area contributed by atoms with Gasteiger partial charge in [0.2, 0.25) is 10.0 Å². The van der Waals surface area contributed by atoms with E-state index in [2.05, 4.69) is 32.9 Å². The zero-order valence-electron chi connectivity index (χ0n) is 12.7. The van der Waals surface area contributed by atoms with Gasteiger partial charge in [0.1, 0.15) is 18.1 Å². The van der Waals surface area contributed by atoms with Crippen LogP contribution in [0.25, 0.3) is 0 Å². The molecule has 1 saturated heterocycles. The van der Waals surface area contributed by atoms with Gasteiger partial charge in [-0.1, -0.05) is 6.92 Å². The third-order valence-electron chi connectivity index (χ3n) is 4.02. The smallest absolute Gasteiger partial charge is 0.242 e. The minimum Gasteiger partial charge on any atom is -0.486 e. The van der Waals surface area contributed by atoms with Crippen LogP contribution in [0.15, 0.2) is 21.5 Å². The van der Waals surface area contributed by atoms with Crippen LogP contribution in [0.2, 0.25) is 0 Å². The van der Waals surface area contributed by atoms with Gasteiger partial charge in [-0.15, -0.1) is 12.4 Å². The van der Waals surface area contributed by atoms with E-state index in [0.29, 0.717) is 41.6 Å². The molecule has 2 N–H and O–H groups in total. The molecule has 0 aliphatic carbocycles. The van der Waals surface area contributed by atoms with Gasteiger partial charge in [0.25, 0.3) is 0 Å². The second-order valence-corrected chi connectivity index (χ2v) is 8.16. The Morgan fingerprint density at radius 1 is 1.26 bits per heavy atom. The number of benzene rings is 1. The third-order valence-corrected chi connectivity index (χ3v) is 6.47. The minimum atomic E-state index is -3.63. The second kappa shape index (κ2) is 7.57. The Morgan fingerprint density at radius 2 is 1.91 bits per heavy atom. The van der Waals surface area contributed by atoms with Crippen molar-refractivity contribution in [3.05, 3.63) is 16.6 Å². The van der Waals surface area contributed by atoms with E-state index in [1.165, 1.54) is 6.07 Å². The molecule has 1 aromatic rings. The maximum atomic E-state index is 12.7. The van der Waals surface area contributed by atoms with E-state index in [-0.39, 0.29) is 23.3 Å². The predicted octanol–water partition coefficient (Wildman–Crippen LogP) is 1.92. The third kappa shape index (κ3) is 4.11. The van der Waals surface area contributed by atoms with Crippen LogP contribution in [0, 0.1) is 5.92 Å². The van der Waals surface area contributed by atoms with Crippen molar-refractivity contribution in [1.82, 2.24) is 10.0 Å². The highest BCUT2D eigenvalue weighted by atomic mass is 79.9. The first-order valence-electron chi connectivity index (χ1n) is 7.29. The van der Waals surface area contributed by atoms with Gasteiger partial charge in [0.05, 0.1) is 0 Å². The topological polar surface area (TPSA) is 76.7 Å². The first kappa shape index (κ1) is 18.8. The van der Waals surface area contributed by atoms with Crippen molar-refractivity contribution in [3.63, 3.8) is 0 Å². The van der Waals surface area contributed by atoms with Gasteiger partial charge in [-0.05, 0) is 40.9 Å². The lowest BCUT2D eigenvalue weighted by atomic mass is 9.96. The maximum Gasteiger partial charge on any atom is 0.242 e. The zero-order chi connectivity index (χ0) is 15.7. The van der Waals surface area contributed by atoms with E-state index in [0.717, 1.165) is 13.0 Å². The monoisotopic (exact) mass is 426 g/mol. The lowest BCUT2D eigenvalue weighted by Gasteiger charge is -2.30. The fourth-order valence-corrected chi connectivity index (χ4v) is 5.04. The molecule has 0 aromatic heterocycles. The summed E-state index contributed by atoms with van der Waals surface area (Å²) in [6, 6.07) is 3.05. The minimum absolute atomic E-state index is 0. The molecule has 6 nitrogen and oxygen atoms in total. The van der Waals surface area contributed by atoms with E-state index in [1.807, 2.05) is 0 Å². The number of nitrogens with one attached hydrogen (secondary N) is 2. The normalized spacial score (nSPS) is 23.9. The molecular formula is C14H20BrClN2O4S. The van der Waals surface area contributed by atoms with Crippen molar-refractivity contribution in [2.45, 2.75) is 24.3 Å². The highest BCUT2D eigenvalue weighted by Crippen LogP contribution is 2.37. The molecule has 0 saturated carbocycles. The fourth-order valence-electron chi connectivity index (χ4n) is 2.66. The van der Waals surface area contributed by atoms with Crippen molar-refractivity contribution in [2.24, 2.45) is 5.92 Å². The molecule has 130 valence electrons. The summed E-state index contributed by atoms with van der Waals surface area (Å²) in [6.07, 6.45) is 0.954. The average Bonchev–Trinajstić information content (AvgIpc) is 2.48. The molecule has 0 radical (unpaired) electrons. The van der Waals surface area contributed by atoms with Gasteiger partial charge in [-0.3, -0.25) is 0 Å². The predicted molar refractivity (Wildman–Crippen MR) is 93.1 cm³/mol. The lowest BCUT2D eigenvalue weighted by Crippen LogP contribution is -2.50. The maximum absolute atomic E-state index is 12.7. The van der Waals surface area contributed by atoms with Crippen LogP contribution in [0.5, 0.6) is 11.5 Å². The number of sulfonamides is 1. The fraction of sp³-hybridized carbons (Fsp3) is 0.571. The number of fused-ring (bicyclic) bond motifs is 1. The molecule has 1 fully saturated rings. The van der Waals surface area contributed by atoms with Crippen molar-refractivity contribution < 1.29 is 17.9 Å². The quantitative estimate of drug-likeness (QED) is 0.771. The molecule has 0 spiro atoms. The second-order valence-electron chi connectivity index (χ2n) is 5.62. The largest absolute Gasteiger partial charge is 0.486 e. The van der Waals surface area contributed by atoms with Crippen molar-refractivity contribution in [2.75, 3.05) is 26.3 Å². The Labute approximate surface area is 150 Å². The van der Waals surface area contributed by atoms with Crippen molar-refractivity contribution in [1.29, 1.82) is 0 Å². The molecule has 2 aliphatic heterocycles. The van der Waals surface area contributed by atoms with Gasteiger partial charge < -0.3 is 14.8 Å².